The average Bonchev–Trinajstić information content (AvgIpc) is 2.77. The van der Waals surface area contributed by atoms with Gasteiger partial charge in [0.05, 0.1) is 0 Å². The van der Waals surface area contributed by atoms with E-state index in [1.165, 1.54) is 0 Å². The van der Waals surface area contributed by atoms with Gasteiger partial charge in [0, 0.05) is 32.7 Å². The van der Waals surface area contributed by atoms with Crippen LogP contribution in [0, 0.1) is 0 Å². The molecule has 2 rings (SSSR count). The summed E-state index contributed by atoms with van der Waals surface area (Å²) in [6, 6.07) is -0.194. The topological polar surface area (TPSA) is 52.7 Å². The molecular weight excluding hydrogens is 194 g/mol. The minimum atomic E-state index is -0.194. The van der Waals surface area contributed by atoms with Gasteiger partial charge in [-0.1, -0.05) is 0 Å². The molecule has 15 heavy (non-hydrogen) atoms. The summed E-state index contributed by atoms with van der Waals surface area (Å²) in [6.45, 7) is 3.98. The van der Waals surface area contributed by atoms with Crippen LogP contribution in [-0.4, -0.2) is 60.9 Å². The number of nitrogens with one attached hydrogen (secondary N) is 1. The second-order valence-electron chi connectivity index (χ2n) is 4.08. The molecule has 1 unspecified atom stereocenters. The van der Waals surface area contributed by atoms with Crippen molar-refractivity contribution >= 4 is 12.3 Å². The summed E-state index contributed by atoms with van der Waals surface area (Å²) < 4.78 is 0. The second-order valence-corrected chi connectivity index (χ2v) is 4.08. The van der Waals surface area contributed by atoms with Crippen molar-refractivity contribution in [2.45, 2.75) is 18.9 Å². The van der Waals surface area contributed by atoms with Crippen LogP contribution in [0.4, 0.5) is 0 Å². The molecule has 84 valence electrons. The van der Waals surface area contributed by atoms with Crippen molar-refractivity contribution in [3.8, 4) is 0 Å². The third-order valence-electron chi connectivity index (χ3n) is 3.14. The zero-order valence-corrected chi connectivity index (χ0v) is 8.82. The Balaban J connectivity index is 1.96. The van der Waals surface area contributed by atoms with Crippen LogP contribution in [-0.2, 0) is 9.59 Å². The Kier molecular flexibility index (Phi) is 3.20. The number of amides is 2. The SMILES string of the molecule is O=CN1CCCC1C(=O)N1CCNCC1. The number of carbonyl (C=O) groups excluding carboxylic acids is 2. The highest BCUT2D eigenvalue weighted by Gasteiger charge is 2.33. The van der Waals surface area contributed by atoms with Crippen LogP contribution in [0.1, 0.15) is 12.8 Å². The molecule has 0 radical (unpaired) electrons. The lowest BCUT2D eigenvalue weighted by atomic mass is 10.2. The average molecular weight is 211 g/mol. The molecule has 5 heteroatoms. The minimum absolute atomic E-state index is 0.126. The third-order valence-corrected chi connectivity index (χ3v) is 3.14. The molecule has 2 saturated heterocycles. The molecule has 2 fully saturated rings. The Bertz CT molecular complexity index is 251. The van der Waals surface area contributed by atoms with E-state index in [0.29, 0.717) is 0 Å². The number of piperazine rings is 1. The third kappa shape index (κ3) is 2.12. The van der Waals surface area contributed by atoms with E-state index in [1.807, 2.05) is 4.90 Å². The fraction of sp³-hybridized carbons (Fsp3) is 0.800. The minimum Gasteiger partial charge on any atom is -0.338 e. The fourth-order valence-corrected chi connectivity index (χ4v) is 2.28. The van der Waals surface area contributed by atoms with E-state index < -0.39 is 0 Å². The fourth-order valence-electron chi connectivity index (χ4n) is 2.28. The number of hydrogen-bond acceptors (Lipinski definition) is 3. The summed E-state index contributed by atoms with van der Waals surface area (Å²) in [5.74, 6) is 0.126. The highest BCUT2D eigenvalue weighted by molar-refractivity contribution is 5.84. The Morgan fingerprint density at radius 2 is 2.00 bits per heavy atom. The Morgan fingerprint density at radius 3 is 2.67 bits per heavy atom. The molecule has 2 aliphatic rings. The van der Waals surface area contributed by atoms with Crippen LogP contribution >= 0.6 is 0 Å². The summed E-state index contributed by atoms with van der Waals surface area (Å²) in [7, 11) is 0. The summed E-state index contributed by atoms with van der Waals surface area (Å²) >= 11 is 0. The summed E-state index contributed by atoms with van der Waals surface area (Å²) in [5, 5.41) is 3.21. The lowest BCUT2D eigenvalue weighted by molar-refractivity contribution is -0.139. The molecule has 0 aromatic carbocycles. The number of carbonyl (C=O) groups is 2. The molecule has 0 saturated carbocycles. The lowest BCUT2D eigenvalue weighted by Gasteiger charge is -2.31. The summed E-state index contributed by atoms with van der Waals surface area (Å²) in [4.78, 5) is 26.3. The van der Waals surface area contributed by atoms with Gasteiger partial charge in [-0.05, 0) is 12.8 Å². The van der Waals surface area contributed by atoms with Gasteiger partial charge in [-0.3, -0.25) is 9.59 Å². The van der Waals surface area contributed by atoms with Crippen molar-refractivity contribution in [1.82, 2.24) is 15.1 Å². The van der Waals surface area contributed by atoms with Gasteiger partial charge in [0.1, 0.15) is 6.04 Å². The zero-order chi connectivity index (χ0) is 10.7. The number of hydrogen-bond donors (Lipinski definition) is 1. The van der Waals surface area contributed by atoms with Gasteiger partial charge in [0.15, 0.2) is 0 Å². The maximum atomic E-state index is 12.1. The Hall–Kier alpha value is -1.10. The molecule has 0 spiro atoms. The van der Waals surface area contributed by atoms with E-state index >= 15 is 0 Å². The van der Waals surface area contributed by atoms with Gasteiger partial charge in [-0.2, -0.15) is 0 Å². The Morgan fingerprint density at radius 1 is 1.27 bits per heavy atom. The van der Waals surface area contributed by atoms with Crippen molar-refractivity contribution in [3.63, 3.8) is 0 Å². The molecule has 1 N–H and O–H groups in total. The van der Waals surface area contributed by atoms with Gasteiger partial charge in [-0.15, -0.1) is 0 Å². The largest absolute Gasteiger partial charge is 0.338 e. The normalized spacial score (nSPS) is 26.8. The van der Waals surface area contributed by atoms with Gasteiger partial charge in [-0.25, -0.2) is 0 Å². The number of nitrogens with zero attached hydrogens (tertiary/aromatic N) is 2. The smallest absolute Gasteiger partial charge is 0.245 e. The Labute approximate surface area is 89.4 Å². The van der Waals surface area contributed by atoms with Gasteiger partial charge < -0.3 is 15.1 Å². The number of rotatable bonds is 2. The maximum absolute atomic E-state index is 12.1. The highest BCUT2D eigenvalue weighted by Crippen LogP contribution is 2.17. The van der Waals surface area contributed by atoms with Crippen LogP contribution in [0.25, 0.3) is 0 Å². The summed E-state index contributed by atoms with van der Waals surface area (Å²) in [6.07, 6.45) is 2.57. The first-order chi connectivity index (χ1) is 7.33. The quantitative estimate of drug-likeness (QED) is 0.598. The number of likely N-dealkylation sites (tertiary alicyclic amines) is 1. The van der Waals surface area contributed by atoms with Crippen LogP contribution in [0.3, 0.4) is 0 Å². The molecular formula is C10H17N3O2. The summed E-state index contributed by atoms with van der Waals surface area (Å²) in [5.41, 5.74) is 0. The predicted octanol–water partition coefficient (Wildman–Crippen LogP) is -0.961. The second kappa shape index (κ2) is 4.61. The first-order valence-electron chi connectivity index (χ1n) is 5.53. The molecule has 2 amide bonds. The maximum Gasteiger partial charge on any atom is 0.245 e. The zero-order valence-electron chi connectivity index (χ0n) is 8.82. The van der Waals surface area contributed by atoms with E-state index in [2.05, 4.69) is 5.32 Å². The van der Waals surface area contributed by atoms with E-state index in [9.17, 15) is 9.59 Å². The van der Waals surface area contributed by atoms with Crippen molar-refractivity contribution in [2.75, 3.05) is 32.7 Å². The molecule has 0 aromatic rings. The van der Waals surface area contributed by atoms with Gasteiger partial charge in [0.25, 0.3) is 0 Å². The van der Waals surface area contributed by atoms with Crippen molar-refractivity contribution < 1.29 is 9.59 Å². The van der Waals surface area contributed by atoms with Gasteiger partial charge >= 0.3 is 0 Å². The first kappa shape index (κ1) is 10.4. The standard InChI is InChI=1S/C10H17N3O2/c14-8-13-5-1-2-9(13)10(15)12-6-3-11-4-7-12/h8-9,11H,1-7H2. The van der Waals surface area contributed by atoms with E-state index in [0.717, 1.165) is 52.0 Å². The van der Waals surface area contributed by atoms with E-state index in [4.69, 9.17) is 0 Å². The van der Waals surface area contributed by atoms with E-state index in [1.54, 1.807) is 4.90 Å². The van der Waals surface area contributed by atoms with Crippen molar-refractivity contribution in [3.05, 3.63) is 0 Å². The van der Waals surface area contributed by atoms with Crippen LogP contribution in [0.5, 0.6) is 0 Å². The molecule has 0 bridgehead atoms. The molecule has 2 heterocycles. The molecule has 2 aliphatic heterocycles. The highest BCUT2D eigenvalue weighted by atomic mass is 16.2. The molecule has 0 aliphatic carbocycles. The molecule has 0 aromatic heterocycles. The molecule has 5 nitrogen and oxygen atoms in total. The van der Waals surface area contributed by atoms with Crippen LogP contribution in [0.15, 0.2) is 0 Å². The van der Waals surface area contributed by atoms with E-state index in [-0.39, 0.29) is 11.9 Å². The lowest BCUT2D eigenvalue weighted by Crippen LogP contribution is -2.52. The van der Waals surface area contributed by atoms with Crippen LogP contribution < -0.4 is 5.32 Å². The van der Waals surface area contributed by atoms with Gasteiger partial charge in [0.2, 0.25) is 12.3 Å². The predicted molar refractivity (Wildman–Crippen MR) is 55.2 cm³/mol. The monoisotopic (exact) mass is 211 g/mol. The van der Waals surface area contributed by atoms with Crippen LogP contribution in [0.2, 0.25) is 0 Å². The molecule has 1 atom stereocenters. The van der Waals surface area contributed by atoms with Crippen molar-refractivity contribution in [1.29, 1.82) is 0 Å². The first-order valence-corrected chi connectivity index (χ1v) is 5.53. The van der Waals surface area contributed by atoms with Crippen molar-refractivity contribution in [2.24, 2.45) is 0 Å².